The molecule has 0 bridgehead atoms. The summed E-state index contributed by atoms with van der Waals surface area (Å²) in [6, 6.07) is 1.90. The maximum absolute atomic E-state index is 5.44. The van der Waals surface area contributed by atoms with Crippen molar-refractivity contribution in [2.24, 2.45) is 0 Å². The lowest BCUT2D eigenvalue weighted by Gasteiger charge is -1.98. The summed E-state index contributed by atoms with van der Waals surface area (Å²) >= 11 is 5.44. The lowest BCUT2D eigenvalue weighted by atomic mass is 10.4. The predicted molar refractivity (Wildman–Crippen MR) is 50.1 cm³/mol. The minimum atomic E-state index is 0.372. The third-order valence-corrected chi connectivity index (χ3v) is 1.57. The zero-order valence-electron chi connectivity index (χ0n) is 7.05. The molecule has 0 radical (unpaired) electrons. The fraction of sp³-hybridized carbons (Fsp3) is 0.444. The van der Waals surface area contributed by atoms with E-state index >= 15 is 0 Å². The second-order valence-corrected chi connectivity index (χ2v) is 2.64. The van der Waals surface area contributed by atoms with Crippen molar-refractivity contribution in [1.82, 2.24) is 9.78 Å². The zero-order chi connectivity index (χ0) is 8.81. The van der Waals surface area contributed by atoms with E-state index in [1.807, 2.05) is 10.7 Å². The van der Waals surface area contributed by atoms with Crippen LogP contribution in [0.5, 0.6) is 0 Å². The van der Waals surface area contributed by atoms with E-state index in [1.54, 1.807) is 6.20 Å². The third kappa shape index (κ3) is 2.28. The highest BCUT2D eigenvalue weighted by atomic mass is 35.5. The second kappa shape index (κ2) is 4.84. The molecule has 0 atom stereocenters. The van der Waals surface area contributed by atoms with Crippen molar-refractivity contribution in [2.75, 3.05) is 5.88 Å². The van der Waals surface area contributed by atoms with Crippen molar-refractivity contribution in [3.8, 4) is 11.8 Å². The van der Waals surface area contributed by atoms with Gasteiger partial charge in [0.25, 0.3) is 0 Å². The van der Waals surface area contributed by atoms with Gasteiger partial charge in [-0.25, -0.2) is 0 Å². The fourth-order valence-electron chi connectivity index (χ4n) is 0.953. The molecular weight excluding hydrogens is 172 g/mol. The van der Waals surface area contributed by atoms with E-state index in [1.165, 1.54) is 0 Å². The van der Waals surface area contributed by atoms with Crippen molar-refractivity contribution < 1.29 is 0 Å². The average molecular weight is 183 g/mol. The molecule has 0 N–H and O–H groups in total. The topological polar surface area (TPSA) is 17.8 Å². The van der Waals surface area contributed by atoms with Crippen LogP contribution in [0.25, 0.3) is 0 Å². The first-order chi connectivity index (χ1) is 5.88. The van der Waals surface area contributed by atoms with Crippen LogP contribution in [0.3, 0.4) is 0 Å². The summed E-state index contributed by atoms with van der Waals surface area (Å²) in [5.74, 6) is 6.12. The lowest BCUT2D eigenvalue weighted by molar-refractivity contribution is 0.597. The number of aryl methyl sites for hydroxylation is 1. The predicted octanol–water partition coefficient (Wildman–Crippen LogP) is 1.88. The molecule has 0 aliphatic carbocycles. The highest BCUT2D eigenvalue weighted by Gasteiger charge is 1.95. The Labute approximate surface area is 77.5 Å². The number of hydrogen-bond acceptors (Lipinski definition) is 1. The molecule has 0 fully saturated rings. The molecule has 3 heteroatoms. The standard InChI is InChI=1S/C9H11ClN2/c1-2-8-12-9(4-3-6-10)5-7-11-12/h5,7H,2,6,8H2,1H3. The number of rotatable bonds is 2. The Morgan fingerprint density at radius 3 is 3.17 bits per heavy atom. The van der Waals surface area contributed by atoms with Gasteiger partial charge in [-0.2, -0.15) is 5.10 Å². The van der Waals surface area contributed by atoms with Crippen molar-refractivity contribution >= 4 is 11.6 Å². The maximum atomic E-state index is 5.44. The van der Waals surface area contributed by atoms with Crippen LogP contribution >= 0.6 is 11.6 Å². The maximum Gasteiger partial charge on any atom is 0.111 e. The minimum absolute atomic E-state index is 0.372. The van der Waals surface area contributed by atoms with Crippen LogP contribution in [0.1, 0.15) is 19.0 Å². The molecule has 0 unspecified atom stereocenters. The van der Waals surface area contributed by atoms with Crippen LogP contribution in [0, 0.1) is 11.8 Å². The second-order valence-electron chi connectivity index (χ2n) is 2.37. The summed E-state index contributed by atoms with van der Waals surface area (Å²) in [4.78, 5) is 0. The number of halogens is 1. The summed E-state index contributed by atoms with van der Waals surface area (Å²) in [6.07, 6.45) is 2.82. The van der Waals surface area contributed by atoms with Gasteiger partial charge in [0, 0.05) is 6.54 Å². The molecule has 64 valence electrons. The Morgan fingerprint density at radius 1 is 1.67 bits per heavy atom. The SMILES string of the molecule is CCCn1nccc1C#CCCl. The molecule has 0 aliphatic heterocycles. The van der Waals surface area contributed by atoms with E-state index in [4.69, 9.17) is 11.6 Å². The summed E-state index contributed by atoms with van der Waals surface area (Å²) in [6.45, 7) is 3.03. The van der Waals surface area contributed by atoms with Gasteiger partial charge in [-0.15, -0.1) is 11.6 Å². The molecule has 12 heavy (non-hydrogen) atoms. The first-order valence-corrected chi connectivity index (χ1v) is 4.48. The Hall–Kier alpha value is -0.940. The van der Waals surface area contributed by atoms with Crippen LogP contribution in [0.4, 0.5) is 0 Å². The number of aromatic nitrogens is 2. The van der Waals surface area contributed by atoms with E-state index in [-0.39, 0.29) is 0 Å². The summed E-state index contributed by atoms with van der Waals surface area (Å²) in [5.41, 5.74) is 0.942. The Kier molecular flexibility index (Phi) is 3.69. The van der Waals surface area contributed by atoms with Gasteiger partial charge in [0.1, 0.15) is 5.69 Å². The Balaban J connectivity index is 2.76. The highest BCUT2D eigenvalue weighted by Crippen LogP contribution is 1.97. The van der Waals surface area contributed by atoms with Gasteiger partial charge in [-0.3, -0.25) is 4.68 Å². The molecule has 1 rings (SSSR count). The van der Waals surface area contributed by atoms with Crippen LogP contribution in [0.15, 0.2) is 12.3 Å². The van der Waals surface area contributed by atoms with Gasteiger partial charge >= 0.3 is 0 Å². The van der Waals surface area contributed by atoms with Crippen molar-refractivity contribution in [1.29, 1.82) is 0 Å². The molecule has 1 aromatic heterocycles. The fourth-order valence-corrected chi connectivity index (χ4v) is 1.02. The summed E-state index contributed by atoms with van der Waals surface area (Å²) in [5, 5.41) is 4.13. The monoisotopic (exact) mass is 182 g/mol. The summed E-state index contributed by atoms with van der Waals surface area (Å²) in [7, 11) is 0. The molecule has 0 amide bonds. The quantitative estimate of drug-likeness (QED) is 0.505. The molecule has 1 aromatic rings. The van der Waals surface area contributed by atoms with Crippen LogP contribution in [-0.2, 0) is 6.54 Å². The van der Waals surface area contributed by atoms with E-state index in [2.05, 4.69) is 23.9 Å². The van der Waals surface area contributed by atoms with Crippen LogP contribution in [0.2, 0.25) is 0 Å². The molecule has 1 heterocycles. The molecule has 0 spiro atoms. The van der Waals surface area contributed by atoms with Gasteiger partial charge in [0.05, 0.1) is 12.1 Å². The largest absolute Gasteiger partial charge is 0.257 e. The van der Waals surface area contributed by atoms with Crippen molar-refractivity contribution in [3.63, 3.8) is 0 Å². The molecule has 2 nitrogen and oxygen atoms in total. The average Bonchev–Trinajstić information content (AvgIpc) is 2.50. The smallest absolute Gasteiger partial charge is 0.111 e. The molecule has 0 saturated heterocycles. The van der Waals surface area contributed by atoms with Gasteiger partial charge in [0.2, 0.25) is 0 Å². The van der Waals surface area contributed by atoms with E-state index < -0.39 is 0 Å². The first kappa shape index (κ1) is 9.15. The lowest BCUT2D eigenvalue weighted by Crippen LogP contribution is -2.01. The van der Waals surface area contributed by atoms with Gasteiger partial charge in [-0.1, -0.05) is 12.8 Å². The Bertz CT molecular complexity index is 293. The van der Waals surface area contributed by atoms with Crippen LogP contribution < -0.4 is 0 Å². The number of nitrogens with zero attached hydrogens (tertiary/aromatic N) is 2. The van der Waals surface area contributed by atoms with Gasteiger partial charge < -0.3 is 0 Å². The normalized spacial score (nSPS) is 9.17. The van der Waals surface area contributed by atoms with Gasteiger partial charge in [0.15, 0.2) is 0 Å². The third-order valence-electron chi connectivity index (χ3n) is 1.44. The molecule has 0 saturated carbocycles. The number of hydrogen-bond donors (Lipinski definition) is 0. The first-order valence-electron chi connectivity index (χ1n) is 3.95. The highest BCUT2D eigenvalue weighted by molar-refractivity contribution is 6.19. The van der Waals surface area contributed by atoms with Crippen LogP contribution in [-0.4, -0.2) is 15.7 Å². The van der Waals surface area contributed by atoms with E-state index in [9.17, 15) is 0 Å². The molecule has 0 aliphatic rings. The molecule has 0 aromatic carbocycles. The van der Waals surface area contributed by atoms with Crippen molar-refractivity contribution in [3.05, 3.63) is 18.0 Å². The van der Waals surface area contributed by atoms with Crippen molar-refractivity contribution in [2.45, 2.75) is 19.9 Å². The minimum Gasteiger partial charge on any atom is -0.257 e. The number of alkyl halides is 1. The van der Waals surface area contributed by atoms with E-state index in [0.717, 1.165) is 18.7 Å². The van der Waals surface area contributed by atoms with Gasteiger partial charge in [-0.05, 0) is 18.4 Å². The Morgan fingerprint density at radius 2 is 2.50 bits per heavy atom. The van der Waals surface area contributed by atoms with E-state index in [0.29, 0.717) is 5.88 Å². The summed E-state index contributed by atoms with van der Waals surface area (Å²) < 4.78 is 1.89. The molecular formula is C9H11ClN2. The zero-order valence-corrected chi connectivity index (χ0v) is 7.80.